The lowest BCUT2D eigenvalue weighted by Gasteiger charge is -2.22. The number of nitrogens with zero attached hydrogens (tertiary/aromatic N) is 2. The molecule has 7 nitrogen and oxygen atoms in total. The molecule has 0 aromatic heterocycles. The molecule has 0 fully saturated rings. The van der Waals surface area contributed by atoms with Crippen LogP contribution in [0.25, 0.3) is 0 Å². The van der Waals surface area contributed by atoms with Gasteiger partial charge in [-0.05, 0) is 17.7 Å². The molecular formula is C22H16N2O5. The third kappa shape index (κ3) is 3.58. The minimum Gasteiger partial charge on any atom is -0.475 e. The Morgan fingerprint density at radius 3 is 2.24 bits per heavy atom. The van der Waals surface area contributed by atoms with Gasteiger partial charge in [-0.25, -0.2) is 0 Å². The quantitative estimate of drug-likeness (QED) is 0.384. The van der Waals surface area contributed by atoms with E-state index < -0.39 is 22.8 Å². The first kappa shape index (κ1) is 18.4. The smallest absolute Gasteiger partial charge is 0.275 e. The van der Waals surface area contributed by atoms with Crippen LogP contribution in [0.3, 0.4) is 0 Å². The normalized spacial score (nSPS) is 16.0. The number of ether oxygens (including phenoxy) is 1. The number of imide groups is 1. The van der Waals surface area contributed by atoms with Crippen LogP contribution in [0.5, 0.6) is 5.75 Å². The highest BCUT2D eigenvalue weighted by molar-refractivity contribution is 6.08. The zero-order valence-corrected chi connectivity index (χ0v) is 15.2. The summed E-state index contributed by atoms with van der Waals surface area (Å²) >= 11 is 0. The maximum absolute atomic E-state index is 13.3. The van der Waals surface area contributed by atoms with Crippen molar-refractivity contribution in [2.45, 2.75) is 12.6 Å². The molecule has 0 radical (unpaired) electrons. The van der Waals surface area contributed by atoms with E-state index in [9.17, 15) is 19.7 Å². The fourth-order valence-electron chi connectivity index (χ4n) is 3.20. The second kappa shape index (κ2) is 7.55. The number of nitro benzene ring substituents is 1. The van der Waals surface area contributed by atoms with E-state index in [1.54, 1.807) is 48.5 Å². The van der Waals surface area contributed by atoms with Crippen LogP contribution in [-0.4, -0.2) is 21.6 Å². The molecule has 0 N–H and O–H groups in total. The summed E-state index contributed by atoms with van der Waals surface area (Å²) in [4.78, 5) is 37.9. The van der Waals surface area contributed by atoms with Gasteiger partial charge in [0.2, 0.25) is 6.10 Å². The highest BCUT2D eigenvalue weighted by Crippen LogP contribution is 2.32. The van der Waals surface area contributed by atoms with Crippen LogP contribution in [0.15, 0.2) is 78.9 Å². The van der Waals surface area contributed by atoms with Gasteiger partial charge in [0.15, 0.2) is 0 Å². The van der Waals surface area contributed by atoms with Crippen LogP contribution in [0.2, 0.25) is 0 Å². The standard InChI is InChI=1S/C22H16N2O5/c25-21-18-8-4-5-9-19(18)29-20(16-6-2-1-3-7-16)22(26)23(21)14-15-10-12-17(13-11-15)24(27)28/h1-13,20H,14H2/t20-/m1/s1. The zero-order chi connectivity index (χ0) is 20.4. The molecule has 4 rings (SSSR count). The molecule has 1 aliphatic rings. The lowest BCUT2D eigenvalue weighted by molar-refractivity contribution is -0.384. The number of amides is 2. The van der Waals surface area contributed by atoms with Crippen LogP contribution in [0.1, 0.15) is 27.6 Å². The number of fused-ring (bicyclic) bond motifs is 1. The summed E-state index contributed by atoms with van der Waals surface area (Å²) in [6.07, 6.45) is -0.971. The first-order chi connectivity index (χ1) is 14.0. The van der Waals surface area contributed by atoms with E-state index in [-0.39, 0.29) is 12.2 Å². The minimum absolute atomic E-state index is 0.0172. The fourth-order valence-corrected chi connectivity index (χ4v) is 3.20. The topological polar surface area (TPSA) is 89.8 Å². The van der Waals surface area contributed by atoms with Gasteiger partial charge in [0.25, 0.3) is 17.5 Å². The van der Waals surface area contributed by atoms with Crippen LogP contribution in [0.4, 0.5) is 5.69 Å². The Hall–Kier alpha value is -4.00. The van der Waals surface area contributed by atoms with Crippen LogP contribution in [-0.2, 0) is 11.3 Å². The van der Waals surface area contributed by atoms with E-state index in [1.807, 2.05) is 6.07 Å². The fraction of sp³-hybridized carbons (Fsp3) is 0.0909. The first-order valence-corrected chi connectivity index (χ1v) is 8.94. The summed E-state index contributed by atoms with van der Waals surface area (Å²) in [7, 11) is 0. The van der Waals surface area contributed by atoms with Gasteiger partial charge in [-0.2, -0.15) is 0 Å². The van der Waals surface area contributed by atoms with Gasteiger partial charge in [0.05, 0.1) is 17.0 Å². The second-order valence-electron chi connectivity index (χ2n) is 6.56. The molecule has 29 heavy (non-hydrogen) atoms. The molecule has 3 aromatic rings. The number of hydrogen-bond donors (Lipinski definition) is 0. The molecule has 144 valence electrons. The van der Waals surface area contributed by atoms with E-state index >= 15 is 0 Å². The lowest BCUT2D eigenvalue weighted by atomic mass is 10.1. The molecule has 0 aliphatic carbocycles. The van der Waals surface area contributed by atoms with Crippen molar-refractivity contribution in [3.05, 3.63) is 106 Å². The largest absolute Gasteiger partial charge is 0.475 e. The van der Waals surface area contributed by atoms with Gasteiger partial charge in [0.1, 0.15) is 5.75 Å². The Kier molecular flexibility index (Phi) is 4.78. The average molecular weight is 388 g/mol. The Balaban J connectivity index is 1.73. The maximum Gasteiger partial charge on any atom is 0.275 e. The van der Waals surface area contributed by atoms with Crippen molar-refractivity contribution in [1.82, 2.24) is 4.90 Å². The van der Waals surface area contributed by atoms with Crippen LogP contribution >= 0.6 is 0 Å². The van der Waals surface area contributed by atoms with E-state index in [2.05, 4.69) is 0 Å². The Bertz CT molecular complexity index is 1080. The van der Waals surface area contributed by atoms with Crippen molar-refractivity contribution in [3.63, 3.8) is 0 Å². The van der Waals surface area contributed by atoms with Crippen molar-refractivity contribution in [1.29, 1.82) is 0 Å². The average Bonchev–Trinajstić information content (AvgIpc) is 2.85. The molecule has 1 heterocycles. The van der Waals surface area contributed by atoms with Crippen molar-refractivity contribution in [2.24, 2.45) is 0 Å². The van der Waals surface area contributed by atoms with Gasteiger partial charge in [0, 0.05) is 17.7 Å². The van der Waals surface area contributed by atoms with Crippen molar-refractivity contribution in [3.8, 4) is 5.75 Å². The van der Waals surface area contributed by atoms with Gasteiger partial charge >= 0.3 is 0 Å². The number of rotatable bonds is 4. The number of non-ortho nitro benzene ring substituents is 1. The van der Waals surface area contributed by atoms with Crippen molar-refractivity contribution < 1.29 is 19.2 Å². The van der Waals surface area contributed by atoms with Gasteiger partial charge in [-0.3, -0.25) is 24.6 Å². The third-order valence-electron chi connectivity index (χ3n) is 4.69. The first-order valence-electron chi connectivity index (χ1n) is 8.94. The zero-order valence-electron chi connectivity index (χ0n) is 15.2. The van der Waals surface area contributed by atoms with E-state index in [1.165, 1.54) is 24.3 Å². The summed E-state index contributed by atoms with van der Waals surface area (Å²) in [5, 5.41) is 10.9. The number of benzene rings is 3. The predicted molar refractivity (Wildman–Crippen MR) is 104 cm³/mol. The summed E-state index contributed by atoms with van der Waals surface area (Å²) in [6.45, 7) is -0.0172. The molecule has 0 saturated carbocycles. The van der Waals surface area contributed by atoms with Crippen LogP contribution in [0, 0.1) is 10.1 Å². The van der Waals surface area contributed by atoms with Gasteiger partial charge in [-0.15, -0.1) is 0 Å². The summed E-state index contributed by atoms with van der Waals surface area (Å²) < 4.78 is 5.94. The van der Waals surface area contributed by atoms with Crippen molar-refractivity contribution >= 4 is 17.5 Å². The number of hydrogen-bond acceptors (Lipinski definition) is 5. The molecule has 0 bridgehead atoms. The van der Waals surface area contributed by atoms with Crippen LogP contribution < -0.4 is 4.74 Å². The third-order valence-corrected chi connectivity index (χ3v) is 4.69. The van der Waals surface area contributed by atoms with E-state index in [0.29, 0.717) is 22.4 Å². The second-order valence-corrected chi connectivity index (χ2v) is 6.56. The van der Waals surface area contributed by atoms with Gasteiger partial charge < -0.3 is 4.74 Å². The van der Waals surface area contributed by atoms with E-state index in [0.717, 1.165) is 4.90 Å². The summed E-state index contributed by atoms with van der Waals surface area (Å²) in [6, 6.07) is 21.4. The summed E-state index contributed by atoms with van der Waals surface area (Å²) in [5.41, 5.74) is 1.47. The molecule has 0 spiro atoms. The number of carbonyl (C=O) groups excluding carboxylic acids is 2. The molecule has 0 unspecified atom stereocenters. The van der Waals surface area contributed by atoms with Gasteiger partial charge in [-0.1, -0.05) is 54.6 Å². The number of carbonyl (C=O) groups is 2. The summed E-state index contributed by atoms with van der Waals surface area (Å²) in [5.74, 6) is -0.621. The maximum atomic E-state index is 13.3. The SMILES string of the molecule is O=C1c2ccccc2O[C@H](c2ccccc2)C(=O)N1Cc1ccc([N+](=O)[O-])cc1. The molecule has 7 heteroatoms. The molecular weight excluding hydrogens is 372 g/mol. The molecule has 0 saturated heterocycles. The predicted octanol–water partition coefficient (Wildman–Crippen LogP) is 3.90. The Morgan fingerprint density at radius 2 is 1.55 bits per heavy atom. The monoisotopic (exact) mass is 388 g/mol. The highest BCUT2D eigenvalue weighted by Gasteiger charge is 2.37. The lowest BCUT2D eigenvalue weighted by Crippen LogP contribution is -2.38. The van der Waals surface area contributed by atoms with Crippen molar-refractivity contribution in [2.75, 3.05) is 0 Å². The molecule has 1 aliphatic heterocycles. The number of nitro groups is 1. The minimum atomic E-state index is -0.971. The molecule has 3 aromatic carbocycles. The molecule has 2 amide bonds. The number of para-hydroxylation sites is 1. The highest BCUT2D eigenvalue weighted by atomic mass is 16.6. The Morgan fingerprint density at radius 1 is 0.897 bits per heavy atom. The Labute approximate surface area is 166 Å². The molecule has 1 atom stereocenters. The van der Waals surface area contributed by atoms with E-state index in [4.69, 9.17) is 4.74 Å².